The summed E-state index contributed by atoms with van der Waals surface area (Å²) in [5, 5.41) is 25.8. The summed E-state index contributed by atoms with van der Waals surface area (Å²) in [6.45, 7) is 3.27. The second kappa shape index (κ2) is 3.53. The average molecular weight is 148 g/mol. The molecule has 0 spiro atoms. The van der Waals surface area contributed by atoms with Gasteiger partial charge in [0.15, 0.2) is 6.10 Å². The van der Waals surface area contributed by atoms with Crippen LogP contribution in [0.2, 0.25) is 0 Å². The summed E-state index contributed by atoms with van der Waals surface area (Å²) in [6, 6.07) is 0. The first-order chi connectivity index (χ1) is 4.46. The molecule has 0 bridgehead atoms. The highest BCUT2D eigenvalue weighted by Gasteiger charge is 2.25. The Morgan fingerprint density at radius 2 is 1.70 bits per heavy atom. The largest absolute Gasteiger partial charge is 0.479 e. The Bertz CT molecular complexity index is 121. The number of carboxylic acid groups (broad SMARTS) is 1. The number of rotatable bonds is 3. The van der Waals surface area contributed by atoms with Crippen LogP contribution in [0.15, 0.2) is 0 Å². The lowest BCUT2D eigenvalue weighted by molar-refractivity contribution is -0.154. The highest BCUT2D eigenvalue weighted by molar-refractivity contribution is 5.72. The van der Waals surface area contributed by atoms with E-state index in [2.05, 4.69) is 0 Å². The van der Waals surface area contributed by atoms with Crippen molar-refractivity contribution < 1.29 is 20.1 Å². The van der Waals surface area contributed by atoms with Crippen LogP contribution in [0.25, 0.3) is 0 Å². The zero-order valence-electron chi connectivity index (χ0n) is 5.98. The maximum atomic E-state index is 10.0. The van der Waals surface area contributed by atoms with Gasteiger partial charge in [-0.1, -0.05) is 13.8 Å². The van der Waals surface area contributed by atoms with Crippen molar-refractivity contribution in [2.45, 2.75) is 26.1 Å². The summed E-state index contributed by atoms with van der Waals surface area (Å²) in [5.41, 5.74) is 0. The van der Waals surface area contributed by atoms with E-state index >= 15 is 0 Å². The van der Waals surface area contributed by atoms with Crippen LogP contribution in [0.3, 0.4) is 0 Å². The van der Waals surface area contributed by atoms with Crippen molar-refractivity contribution in [1.29, 1.82) is 0 Å². The standard InChI is InChI=1S/C6H12O4/c1-3(2)4(7)5(8)6(9)10/h3-5,7-8H,1-2H3,(H,9,10). The van der Waals surface area contributed by atoms with Crippen molar-refractivity contribution in [3.05, 3.63) is 0 Å². The number of aliphatic hydroxyl groups is 2. The van der Waals surface area contributed by atoms with Gasteiger partial charge in [-0.05, 0) is 5.92 Å². The lowest BCUT2D eigenvalue weighted by atomic mass is 10.0. The quantitative estimate of drug-likeness (QED) is 0.501. The summed E-state index contributed by atoms with van der Waals surface area (Å²) in [4.78, 5) is 10.0. The Balaban J connectivity index is 3.94. The average Bonchev–Trinajstić information content (AvgIpc) is 1.84. The molecule has 0 aliphatic rings. The molecule has 0 heterocycles. The lowest BCUT2D eigenvalue weighted by Gasteiger charge is -2.16. The van der Waals surface area contributed by atoms with E-state index in [0.717, 1.165) is 0 Å². The second-order valence-electron chi connectivity index (χ2n) is 2.52. The normalized spacial score (nSPS) is 16.9. The van der Waals surface area contributed by atoms with Gasteiger partial charge in [-0.15, -0.1) is 0 Å². The van der Waals surface area contributed by atoms with Crippen LogP contribution in [0.1, 0.15) is 13.8 Å². The summed E-state index contributed by atoms with van der Waals surface area (Å²) < 4.78 is 0. The minimum absolute atomic E-state index is 0.244. The van der Waals surface area contributed by atoms with Crippen molar-refractivity contribution in [1.82, 2.24) is 0 Å². The van der Waals surface area contributed by atoms with E-state index in [1.54, 1.807) is 13.8 Å². The molecule has 0 aromatic heterocycles. The Morgan fingerprint density at radius 1 is 1.30 bits per heavy atom. The van der Waals surface area contributed by atoms with Crippen molar-refractivity contribution in [2.24, 2.45) is 5.92 Å². The third-order valence-electron chi connectivity index (χ3n) is 1.26. The molecule has 0 aromatic carbocycles. The predicted molar refractivity (Wildman–Crippen MR) is 34.5 cm³/mol. The molecule has 0 fully saturated rings. The van der Waals surface area contributed by atoms with Gasteiger partial charge in [0.05, 0.1) is 6.10 Å². The summed E-state index contributed by atoms with van der Waals surface area (Å²) in [6.07, 6.45) is -2.85. The molecule has 0 aromatic rings. The number of carbonyl (C=O) groups is 1. The minimum Gasteiger partial charge on any atom is -0.479 e. The van der Waals surface area contributed by atoms with Crippen LogP contribution in [-0.2, 0) is 4.79 Å². The third kappa shape index (κ3) is 2.33. The van der Waals surface area contributed by atoms with Crippen LogP contribution in [0.4, 0.5) is 0 Å². The molecule has 0 amide bonds. The molecule has 4 nitrogen and oxygen atoms in total. The van der Waals surface area contributed by atoms with E-state index < -0.39 is 18.2 Å². The number of hydrogen-bond acceptors (Lipinski definition) is 3. The maximum absolute atomic E-state index is 10.0. The van der Waals surface area contributed by atoms with Gasteiger partial charge < -0.3 is 15.3 Å². The van der Waals surface area contributed by atoms with E-state index in [1.807, 2.05) is 0 Å². The molecule has 0 aliphatic carbocycles. The molecule has 0 radical (unpaired) electrons. The Hall–Kier alpha value is -0.610. The molecular weight excluding hydrogens is 136 g/mol. The first-order valence-corrected chi connectivity index (χ1v) is 3.05. The highest BCUT2D eigenvalue weighted by Crippen LogP contribution is 2.05. The molecule has 4 heteroatoms. The van der Waals surface area contributed by atoms with Gasteiger partial charge in [0.2, 0.25) is 0 Å². The fraction of sp³-hybridized carbons (Fsp3) is 0.833. The topological polar surface area (TPSA) is 77.8 Å². The van der Waals surface area contributed by atoms with Crippen LogP contribution >= 0.6 is 0 Å². The molecular formula is C6H12O4. The van der Waals surface area contributed by atoms with Gasteiger partial charge in [0.25, 0.3) is 0 Å². The molecule has 60 valence electrons. The van der Waals surface area contributed by atoms with Crippen molar-refractivity contribution in [3.63, 3.8) is 0 Å². The number of carboxylic acids is 1. The van der Waals surface area contributed by atoms with Crippen molar-refractivity contribution >= 4 is 5.97 Å². The van der Waals surface area contributed by atoms with Crippen LogP contribution in [0, 0.1) is 5.92 Å². The molecule has 2 atom stereocenters. The molecule has 0 saturated carbocycles. The molecule has 0 saturated heterocycles. The van der Waals surface area contributed by atoms with Crippen molar-refractivity contribution in [2.75, 3.05) is 0 Å². The number of aliphatic hydroxyl groups excluding tert-OH is 2. The van der Waals surface area contributed by atoms with Gasteiger partial charge in [-0.2, -0.15) is 0 Å². The number of aliphatic carboxylic acids is 1. The minimum atomic E-state index is -1.67. The first kappa shape index (κ1) is 9.39. The van der Waals surface area contributed by atoms with Gasteiger partial charge in [0.1, 0.15) is 0 Å². The fourth-order valence-corrected chi connectivity index (χ4v) is 0.511. The predicted octanol–water partition coefficient (Wildman–Crippen LogP) is -0.551. The Kier molecular flexibility index (Phi) is 3.32. The maximum Gasteiger partial charge on any atom is 0.335 e. The van der Waals surface area contributed by atoms with E-state index in [1.165, 1.54) is 0 Å². The Labute approximate surface area is 59.1 Å². The molecule has 10 heavy (non-hydrogen) atoms. The SMILES string of the molecule is CC(C)C(O)C(O)C(=O)O. The van der Waals surface area contributed by atoms with Crippen LogP contribution in [-0.4, -0.2) is 33.5 Å². The summed E-state index contributed by atoms with van der Waals surface area (Å²) in [5.74, 6) is -1.63. The van der Waals surface area contributed by atoms with Gasteiger partial charge in [-0.25, -0.2) is 4.79 Å². The van der Waals surface area contributed by atoms with Crippen LogP contribution in [0.5, 0.6) is 0 Å². The molecule has 2 unspecified atom stereocenters. The van der Waals surface area contributed by atoms with E-state index in [-0.39, 0.29) is 5.92 Å². The molecule has 0 rings (SSSR count). The first-order valence-electron chi connectivity index (χ1n) is 3.05. The van der Waals surface area contributed by atoms with Gasteiger partial charge in [-0.3, -0.25) is 0 Å². The van der Waals surface area contributed by atoms with E-state index in [9.17, 15) is 4.79 Å². The highest BCUT2D eigenvalue weighted by atomic mass is 16.4. The third-order valence-corrected chi connectivity index (χ3v) is 1.26. The second-order valence-corrected chi connectivity index (χ2v) is 2.52. The summed E-state index contributed by atoms with van der Waals surface area (Å²) >= 11 is 0. The van der Waals surface area contributed by atoms with Crippen LogP contribution < -0.4 is 0 Å². The van der Waals surface area contributed by atoms with E-state index in [4.69, 9.17) is 15.3 Å². The van der Waals surface area contributed by atoms with E-state index in [0.29, 0.717) is 0 Å². The van der Waals surface area contributed by atoms with Gasteiger partial charge in [0, 0.05) is 0 Å². The smallest absolute Gasteiger partial charge is 0.335 e. The molecule has 3 N–H and O–H groups in total. The number of hydrogen-bond donors (Lipinski definition) is 3. The lowest BCUT2D eigenvalue weighted by Crippen LogP contribution is -2.37. The monoisotopic (exact) mass is 148 g/mol. The zero-order chi connectivity index (χ0) is 8.31. The summed E-state index contributed by atoms with van der Waals surface area (Å²) in [7, 11) is 0. The zero-order valence-corrected chi connectivity index (χ0v) is 5.98. The Morgan fingerprint density at radius 3 is 1.80 bits per heavy atom. The van der Waals surface area contributed by atoms with Crippen molar-refractivity contribution in [3.8, 4) is 0 Å². The van der Waals surface area contributed by atoms with Gasteiger partial charge >= 0.3 is 5.97 Å². The fourth-order valence-electron chi connectivity index (χ4n) is 0.511. The molecule has 0 aliphatic heterocycles.